The van der Waals surface area contributed by atoms with Crippen molar-refractivity contribution in [2.45, 2.75) is 54.7 Å². The van der Waals surface area contributed by atoms with E-state index in [0.29, 0.717) is 13.0 Å². The van der Waals surface area contributed by atoms with Gasteiger partial charge in [-0.3, -0.25) is 4.79 Å². The van der Waals surface area contributed by atoms with Crippen LogP contribution in [0, 0.1) is 5.92 Å². The van der Waals surface area contributed by atoms with Crippen molar-refractivity contribution in [1.29, 1.82) is 0 Å². The number of hydrogen-bond acceptors (Lipinski definition) is 6. The maximum absolute atomic E-state index is 13.2. The van der Waals surface area contributed by atoms with E-state index < -0.39 is 12.1 Å². The van der Waals surface area contributed by atoms with E-state index in [-0.39, 0.29) is 21.9 Å². The maximum atomic E-state index is 13.2. The highest BCUT2D eigenvalue weighted by Crippen LogP contribution is 2.52. The van der Waals surface area contributed by atoms with Crippen molar-refractivity contribution < 1.29 is 14.3 Å². The Morgan fingerprint density at radius 1 is 1.25 bits per heavy atom. The minimum Gasteiger partial charge on any atom is -0.467 e. The molecule has 0 aromatic heterocycles. The molecule has 1 saturated carbocycles. The van der Waals surface area contributed by atoms with E-state index in [4.69, 9.17) is 16.5 Å². The number of likely N-dealkylation sites (tertiary alicyclic amines) is 1. The van der Waals surface area contributed by atoms with Gasteiger partial charge in [0.05, 0.1) is 11.2 Å². The summed E-state index contributed by atoms with van der Waals surface area (Å²) < 4.78 is 4.91. The molecule has 5 nitrogen and oxygen atoms in total. The van der Waals surface area contributed by atoms with Gasteiger partial charge in [0.1, 0.15) is 12.1 Å². The van der Waals surface area contributed by atoms with Crippen LogP contribution in [-0.2, 0) is 14.3 Å². The van der Waals surface area contributed by atoms with Crippen LogP contribution in [0.3, 0.4) is 0 Å². The van der Waals surface area contributed by atoms with Crippen LogP contribution in [0.1, 0.15) is 38.5 Å². The van der Waals surface area contributed by atoms with Gasteiger partial charge in [0.2, 0.25) is 5.91 Å². The lowest BCUT2D eigenvalue weighted by Gasteiger charge is -2.33. The number of amides is 1. The predicted octanol–water partition coefficient (Wildman–Crippen LogP) is 2.63. The van der Waals surface area contributed by atoms with Gasteiger partial charge in [0.15, 0.2) is 0 Å². The number of nitrogens with zero attached hydrogens (tertiary/aromatic N) is 1. The second-order valence-electron chi connectivity index (χ2n) is 6.80. The standard InChI is InChI=1S/C16H25ClN2O3S2/c1-22-15(21)12-9-16(23-7-8-24-16)10-19(12)14(20)13(18-17)11-5-3-2-4-6-11/h11-13,18H,2-10H2,1H3/t12-,13?/m0/s1. The molecular weight excluding hydrogens is 368 g/mol. The van der Waals surface area contributed by atoms with Crippen LogP contribution in [0.25, 0.3) is 0 Å². The van der Waals surface area contributed by atoms with Crippen LogP contribution in [0.4, 0.5) is 0 Å². The summed E-state index contributed by atoms with van der Waals surface area (Å²) in [6, 6.07) is -0.901. The van der Waals surface area contributed by atoms with Gasteiger partial charge in [-0.25, -0.2) is 9.63 Å². The lowest BCUT2D eigenvalue weighted by molar-refractivity contribution is -0.152. The summed E-state index contributed by atoms with van der Waals surface area (Å²) >= 11 is 9.70. The van der Waals surface area contributed by atoms with Gasteiger partial charge in [0.25, 0.3) is 0 Å². The van der Waals surface area contributed by atoms with E-state index in [1.165, 1.54) is 13.5 Å². The van der Waals surface area contributed by atoms with Gasteiger partial charge in [-0.05, 0) is 30.5 Å². The fourth-order valence-corrected chi connectivity index (χ4v) is 7.63. The van der Waals surface area contributed by atoms with Crippen molar-refractivity contribution in [3.05, 3.63) is 0 Å². The fraction of sp³-hybridized carbons (Fsp3) is 0.875. The highest BCUT2D eigenvalue weighted by atomic mass is 35.5. The summed E-state index contributed by atoms with van der Waals surface area (Å²) in [7, 11) is 1.39. The van der Waals surface area contributed by atoms with Crippen LogP contribution < -0.4 is 4.84 Å². The number of ether oxygens (including phenoxy) is 1. The molecule has 2 saturated heterocycles. The van der Waals surface area contributed by atoms with Crippen LogP contribution in [0.2, 0.25) is 0 Å². The van der Waals surface area contributed by atoms with E-state index >= 15 is 0 Å². The van der Waals surface area contributed by atoms with Crippen LogP contribution >= 0.6 is 35.3 Å². The molecule has 1 N–H and O–H groups in total. The van der Waals surface area contributed by atoms with Crippen molar-refractivity contribution in [3.63, 3.8) is 0 Å². The maximum Gasteiger partial charge on any atom is 0.328 e. The van der Waals surface area contributed by atoms with Crippen LogP contribution in [0.5, 0.6) is 0 Å². The number of carbonyl (C=O) groups excluding carboxylic acids is 2. The van der Waals surface area contributed by atoms with Crippen molar-refractivity contribution in [2.24, 2.45) is 5.92 Å². The molecule has 0 aromatic carbocycles. The number of hydrogen-bond donors (Lipinski definition) is 1. The Morgan fingerprint density at radius 2 is 1.92 bits per heavy atom. The first-order valence-corrected chi connectivity index (χ1v) is 11.0. The number of nitrogens with one attached hydrogen (secondary N) is 1. The van der Waals surface area contributed by atoms with Crippen LogP contribution in [0.15, 0.2) is 0 Å². The summed E-state index contributed by atoms with van der Waals surface area (Å²) in [5, 5.41) is 0. The Morgan fingerprint density at radius 3 is 2.50 bits per heavy atom. The predicted molar refractivity (Wildman–Crippen MR) is 99.1 cm³/mol. The van der Waals surface area contributed by atoms with Crippen molar-refractivity contribution >= 4 is 47.2 Å². The minimum atomic E-state index is -0.489. The smallest absolute Gasteiger partial charge is 0.328 e. The Kier molecular flexibility index (Phi) is 6.27. The van der Waals surface area contributed by atoms with Gasteiger partial charge in [-0.15, -0.1) is 23.5 Å². The van der Waals surface area contributed by atoms with E-state index in [1.807, 2.05) is 23.5 Å². The van der Waals surface area contributed by atoms with Gasteiger partial charge < -0.3 is 9.64 Å². The zero-order valence-corrected chi connectivity index (χ0v) is 16.4. The van der Waals surface area contributed by atoms with E-state index in [1.54, 1.807) is 4.90 Å². The van der Waals surface area contributed by atoms with Gasteiger partial charge >= 0.3 is 5.97 Å². The lowest BCUT2D eigenvalue weighted by atomic mass is 9.83. The fourth-order valence-electron chi connectivity index (χ4n) is 4.11. The van der Waals surface area contributed by atoms with Crippen molar-refractivity contribution in [1.82, 2.24) is 9.74 Å². The first kappa shape index (κ1) is 18.7. The van der Waals surface area contributed by atoms with Gasteiger partial charge in [-0.2, -0.15) is 0 Å². The molecule has 0 aromatic rings. The minimum absolute atomic E-state index is 0.0442. The quantitative estimate of drug-likeness (QED) is 0.586. The molecule has 2 aliphatic heterocycles. The summed E-state index contributed by atoms with van der Waals surface area (Å²) in [5.41, 5.74) is 0. The second-order valence-corrected chi connectivity index (χ2v) is 10.2. The Labute approximate surface area is 157 Å². The Balaban J connectivity index is 1.78. The number of rotatable bonds is 4. The monoisotopic (exact) mass is 392 g/mol. The number of methoxy groups -OCH3 is 1. The number of halogens is 1. The third kappa shape index (κ3) is 3.69. The topological polar surface area (TPSA) is 58.6 Å². The average molecular weight is 393 g/mol. The molecule has 136 valence electrons. The summed E-state index contributed by atoms with van der Waals surface area (Å²) in [4.78, 5) is 29.9. The molecular formula is C16H25ClN2O3S2. The van der Waals surface area contributed by atoms with E-state index in [0.717, 1.165) is 37.2 Å². The largest absolute Gasteiger partial charge is 0.467 e. The summed E-state index contributed by atoms with van der Waals surface area (Å²) in [6.45, 7) is 0.600. The van der Waals surface area contributed by atoms with E-state index in [9.17, 15) is 9.59 Å². The SMILES string of the molecule is COC(=O)[C@@H]1CC2(CN1C(=O)C(NCl)C1CCCCC1)SCCS2. The molecule has 1 aliphatic carbocycles. The third-order valence-electron chi connectivity index (χ3n) is 5.37. The van der Waals surface area contributed by atoms with Crippen molar-refractivity contribution in [2.75, 3.05) is 25.2 Å². The molecule has 3 aliphatic rings. The highest BCUT2D eigenvalue weighted by molar-refractivity contribution is 8.21. The highest BCUT2D eigenvalue weighted by Gasteiger charge is 2.53. The third-order valence-corrected chi connectivity index (χ3v) is 9.03. The molecule has 1 spiro atoms. The molecule has 1 amide bonds. The molecule has 2 heterocycles. The molecule has 0 bridgehead atoms. The zero-order chi connectivity index (χ0) is 17.2. The Bertz CT molecular complexity index is 482. The van der Waals surface area contributed by atoms with E-state index in [2.05, 4.69) is 4.84 Å². The molecule has 3 fully saturated rings. The van der Waals surface area contributed by atoms with Gasteiger partial charge in [0, 0.05) is 24.5 Å². The molecule has 24 heavy (non-hydrogen) atoms. The normalized spacial score (nSPS) is 28.2. The van der Waals surface area contributed by atoms with Crippen molar-refractivity contribution in [3.8, 4) is 0 Å². The second kappa shape index (κ2) is 8.06. The molecule has 1 unspecified atom stereocenters. The number of carbonyl (C=O) groups is 2. The lowest BCUT2D eigenvalue weighted by Crippen LogP contribution is -2.52. The zero-order valence-electron chi connectivity index (χ0n) is 14.0. The summed E-state index contributed by atoms with van der Waals surface area (Å²) in [5.74, 6) is 2.03. The summed E-state index contributed by atoms with van der Waals surface area (Å²) in [6.07, 6.45) is 6.21. The van der Waals surface area contributed by atoms with Gasteiger partial charge in [-0.1, -0.05) is 19.3 Å². The molecule has 2 atom stereocenters. The average Bonchev–Trinajstić information content (AvgIpc) is 3.23. The molecule has 8 heteroatoms. The Hall–Kier alpha value is -0.110. The number of thioether (sulfide) groups is 2. The first-order chi connectivity index (χ1) is 11.6. The number of esters is 1. The molecule has 3 rings (SSSR count). The molecule has 0 radical (unpaired) electrons. The van der Waals surface area contributed by atoms with Crippen LogP contribution in [-0.4, -0.2) is 58.1 Å². The first-order valence-electron chi connectivity index (χ1n) is 8.62.